The van der Waals surface area contributed by atoms with Gasteiger partial charge in [-0.05, 0) is 12.8 Å². The second-order valence-electron chi connectivity index (χ2n) is 3.05. The van der Waals surface area contributed by atoms with E-state index in [-0.39, 0.29) is 6.10 Å². The molecule has 0 amide bonds. The summed E-state index contributed by atoms with van der Waals surface area (Å²) in [4.78, 5) is 0. The van der Waals surface area contributed by atoms with Crippen molar-refractivity contribution in [3.8, 4) is 0 Å². The molecule has 1 atom stereocenters. The fraction of sp³-hybridized carbons (Fsp3) is 1.00. The van der Waals surface area contributed by atoms with Crippen molar-refractivity contribution in [3.05, 3.63) is 0 Å². The molecule has 1 aliphatic carbocycles. The summed E-state index contributed by atoms with van der Waals surface area (Å²) >= 11 is 0. The van der Waals surface area contributed by atoms with Gasteiger partial charge in [0.15, 0.2) is 0 Å². The van der Waals surface area contributed by atoms with Crippen LogP contribution in [0.3, 0.4) is 0 Å². The molecule has 1 aliphatic rings. The first kappa shape index (κ1) is 9.16. The summed E-state index contributed by atoms with van der Waals surface area (Å²) in [5.74, 6) is 0.715. The number of aliphatic hydroxyl groups excluding tert-OH is 1. The highest BCUT2D eigenvalue weighted by Crippen LogP contribution is 2.18. The molecule has 1 rings (SSSR count). The number of nitrogens with one attached hydrogen (secondary N) is 1. The highest BCUT2D eigenvalue weighted by Gasteiger charge is 2.25. The van der Waals surface area contributed by atoms with Gasteiger partial charge in [0.05, 0.1) is 6.10 Å². The van der Waals surface area contributed by atoms with Crippen molar-refractivity contribution < 1.29 is 9.32 Å². The molecule has 0 bridgehead atoms. The Labute approximate surface area is 69.6 Å². The quantitative estimate of drug-likeness (QED) is 0.607. The Morgan fingerprint density at radius 2 is 2.27 bits per heavy atom. The van der Waals surface area contributed by atoms with E-state index in [0.29, 0.717) is 11.8 Å². The molecule has 66 valence electrons. The summed E-state index contributed by atoms with van der Waals surface area (Å²) in [5.41, 5.74) is 0. The van der Waals surface area contributed by atoms with Gasteiger partial charge in [0, 0.05) is 35.4 Å². The molecule has 0 radical (unpaired) electrons. The second kappa shape index (κ2) is 4.18. The van der Waals surface area contributed by atoms with Crippen molar-refractivity contribution in [1.29, 1.82) is 0 Å². The van der Waals surface area contributed by atoms with Crippen molar-refractivity contribution in [3.63, 3.8) is 0 Å². The molecule has 11 heavy (non-hydrogen) atoms. The van der Waals surface area contributed by atoms with Crippen molar-refractivity contribution in [2.24, 2.45) is 0 Å². The molecule has 1 saturated carbocycles. The Morgan fingerprint density at radius 1 is 1.64 bits per heavy atom. The Kier molecular flexibility index (Phi) is 3.48. The molecule has 0 heterocycles. The van der Waals surface area contributed by atoms with Gasteiger partial charge in [-0.15, -0.1) is 0 Å². The number of hydrogen-bond donors (Lipinski definition) is 2. The second-order valence-corrected chi connectivity index (χ2v) is 4.61. The zero-order chi connectivity index (χ0) is 8.27. The van der Waals surface area contributed by atoms with Crippen LogP contribution < -0.4 is 5.32 Å². The van der Waals surface area contributed by atoms with Crippen LogP contribution in [0.5, 0.6) is 0 Å². The van der Waals surface area contributed by atoms with Crippen LogP contribution in [0.2, 0.25) is 0 Å². The Bertz CT molecular complexity index is 145. The molecular weight excluding hydrogens is 162 g/mol. The normalized spacial score (nSPS) is 32.9. The van der Waals surface area contributed by atoms with Crippen LogP contribution >= 0.6 is 0 Å². The molecule has 4 heteroatoms. The zero-order valence-corrected chi connectivity index (χ0v) is 7.56. The topological polar surface area (TPSA) is 49.3 Å². The van der Waals surface area contributed by atoms with Gasteiger partial charge in [0.25, 0.3) is 0 Å². The first-order chi connectivity index (χ1) is 5.18. The summed E-state index contributed by atoms with van der Waals surface area (Å²) < 4.78 is 10.6. The lowest BCUT2D eigenvalue weighted by molar-refractivity contribution is 0.0635. The van der Waals surface area contributed by atoms with Gasteiger partial charge in [-0.25, -0.2) is 0 Å². The third-order valence-corrected chi connectivity index (χ3v) is 2.71. The monoisotopic (exact) mass is 177 g/mol. The Morgan fingerprint density at radius 3 is 2.73 bits per heavy atom. The van der Waals surface area contributed by atoms with Gasteiger partial charge >= 0.3 is 0 Å². The maximum absolute atomic E-state index is 10.6. The lowest BCUT2D eigenvalue weighted by atomic mass is 9.90. The van der Waals surface area contributed by atoms with Crippen molar-refractivity contribution >= 4 is 10.8 Å². The number of aliphatic hydroxyl groups is 1. The summed E-state index contributed by atoms with van der Waals surface area (Å²) in [5, 5.41) is 12.2. The van der Waals surface area contributed by atoms with Crippen LogP contribution in [0.25, 0.3) is 0 Å². The van der Waals surface area contributed by atoms with E-state index in [0.717, 1.165) is 19.4 Å². The summed E-state index contributed by atoms with van der Waals surface area (Å²) in [6.07, 6.45) is 3.32. The Balaban J connectivity index is 1.92. The van der Waals surface area contributed by atoms with Crippen LogP contribution in [0.4, 0.5) is 0 Å². The zero-order valence-electron chi connectivity index (χ0n) is 6.75. The Hall–Kier alpha value is 0.0700. The summed E-state index contributed by atoms with van der Waals surface area (Å²) in [6, 6.07) is 0.466. The molecule has 0 spiro atoms. The lowest BCUT2D eigenvalue weighted by Crippen LogP contribution is -2.45. The van der Waals surface area contributed by atoms with E-state index >= 15 is 0 Å². The van der Waals surface area contributed by atoms with Crippen molar-refractivity contribution in [2.45, 2.75) is 25.0 Å². The van der Waals surface area contributed by atoms with E-state index in [1.807, 2.05) is 0 Å². The maximum Gasteiger partial charge on any atom is 0.0570 e. The molecule has 1 unspecified atom stereocenters. The van der Waals surface area contributed by atoms with Crippen LogP contribution in [0, 0.1) is 0 Å². The van der Waals surface area contributed by atoms with E-state index in [1.54, 1.807) is 6.26 Å². The first-order valence-electron chi connectivity index (χ1n) is 3.90. The van der Waals surface area contributed by atoms with Crippen molar-refractivity contribution in [2.75, 3.05) is 18.6 Å². The maximum atomic E-state index is 10.6. The summed E-state index contributed by atoms with van der Waals surface area (Å²) in [6.45, 7) is 0.806. The van der Waals surface area contributed by atoms with Gasteiger partial charge in [-0.1, -0.05) is 0 Å². The van der Waals surface area contributed by atoms with Crippen molar-refractivity contribution in [1.82, 2.24) is 5.32 Å². The SMILES string of the molecule is CS(=O)CCNC1CC(O)C1. The van der Waals surface area contributed by atoms with Crippen LogP contribution in [-0.4, -0.2) is 40.0 Å². The highest BCUT2D eigenvalue weighted by atomic mass is 32.2. The fourth-order valence-corrected chi connectivity index (χ4v) is 1.57. The third-order valence-electron chi connectivity index (χ3n) is 1.94. The van der Waals surface area contributed by atoms with Gasteiger partial charge in [-0.3, -0.25) is 4.21 Å². The van der Waals surface area contributed by atoms with Crippen LogP contribution in [0.1, 0.15) is 12.8 Å². The molecular formula is C7H15NO2S. The molecule has 3 nitrogen and oxygen atoms in total. The van der Waals surface area contributed by atoms with Gasteiger partial charge in [0.1, 0.15) is 0 Å². The first-order valence-corrected chi connectivity index (χ1v) is 5.62. The predicted octanol–water partition coefficient (Wildman–Crippen LogP) is -0.522. The van der Waals surface area contributed by atoms with Gasteiger partial charge in [-0.2, -0.15) is 0 Å². The standard InChI is InChI=1S/C7H15NO2S/c1-11(10)3-2-8-6-4-7(9)5-6/h6-9H,2-5H2,1H3. The number of hydrogen-bond acceptors (Lipinski definition) is 3. The van der Waals surface area contributed by atoms with E-state index in [1.165, 1.54) is 0 Å². The highest BCUT2D eigenvalue weighted by molar-refractivity contribution is 7.84. The minimum absolute atomic E-state index is 0.0976. The van der Waals surface area contributed by atoms with Crippen LogP contribution in [0.15, 0.2) is 0 Å². The van der Waals surface area contributed by atoms with E-state index in [4.69, 9.17) is 5.11 Å². The van der Waals surface area contributed by atoms with E-state index in [2.05, 4.69) is 5.32 Å². The summed E-state index contributed by atoms with van der Waals surface area (Å²) in [7, 11) is -0.694. The fourth-order valence-electron chi connectivity index (χ4n) is 1.16. The predicted molar refractivity (Wildman–Crippen MR) is 46.0 cm³/mol. The minimum atomic E-state index is -0.694. The number of rotatable bonds is 4. The van der Waals surface area contributed by atoms with Gasteiger partial charge in [0.2, 0.25) is 0 Å². The molecule has 0 saturated heterocycles. The van der Waals surface area contributed by atoms with E-state index in [9.17, 15) is 4.21 Å². The van der Waals surface area contributed by atoms with Gasteiger partial charge < -0.3 is 10.4 Å². The smallest absolute Gasteiger partial charge is 0.0570 e. The molecule has 0 aromatic heterocycles. The molecule has 1 fully saturated rings. The average molecular weight is 177 g/mol. The molecule has 0 aromatic rings. The van der Waals surface area contributed by atoms with Crippen LogP contribution in [-0.2, 0) is 10.8 Å². The molecule has 0 aliphatic heterocycles. The largest absolute Gasteiger partial charge is 0.393 e. The molecule has 2 N–H and O–H groups in total. The van der Waals surface area contributed by atoms with E-state index < -0.39 is 10.8 Å². The minimum Gasteiger partial charge on any atom is -0.393 e. The molecule has 0 aromatic carbocycles. The average Bonchev–Trinajstić information content (AvgIpc) is 1.83. The third kappa shape index (κ3) is 3.31. The lowest BCUT2D eigenvalue weighted by Gasteiger charge is -2.32.